The second kappa shape index (κ2) is 31.8. The summed E-state index contributed by atoms with van der Waals surface area (Å²) in [5.74, 6) is -0.921. The first-order valence-electron chi connectivity index (χ1n) is 17.9. The van der Waals surface area contributed by atoms with Crippen molar-refractivity contribution in [3.8, 4) is 6.07 Å². The number of carboxylic acids is 1. The second-order valence-corrected chi connectivity index (χ2v) is 12.2. The number of nitriles is 1. The zero-order valence-electron chi connectivity index (χ0n) is 27.8. The number of unbranched alkanes of at least 4 members (excludes halogenated alkanes) is 18. The van der Waals surface area contributed by atoms with Crippen molar-refractivity contribution in [1.29, 1.82) is 5.26 Å². The van der Waals surface area contributed by atoms with Crippen LogP contribution in [-0.2, 0) is 4.79 Å². The highest BCUT2D eigenvalue weighted by Gasteiger charge is 2.37. The van der Waals surface area contributed by atoms with Gasteiger partial charge in [0.05, 0.1) is 6.07 Å². The maximum absolute atomic E-state index is 12.0. The zero-order valence-corrected chi connectivity index (χ0v) is 27.8. The van der Waals surface area contributed by atoms with Crippen LogP contribution in [0.5, 0.6) is 0 Å². The maximum atomic E-state index is 12.0. The molecule has 0 aromatic carbocycles. The molecule has 0 fully saturated rings. The van der Waals surface area contributed by atoms with Gasteiger partial charge in [-0.2, -0.15) is 5.26 Å². The lowest BCUT2D eigenvalue weighted by atomic mass is 9.79. The number of hydrogen-bond donors (Lipinski definition) is 1. The first kappa shape index (κ1) is 39.9. The van der Waals surface area contributed by atoms with Crippen LogP contribution in [0.3, 0.4) is 0 Å². The molecule has 0 saturated heterocycles. The number of hydrogen-bond acceptors (Lipinski definition) is 2. The highest BCUT2D eigenvalue weighted by Crippen LogP contribution is 2.32. The van der Waals surface area contributed by atoms with Crippen LogP contribution in [-0.4, -0.2) is 11.1 Å². The van der Waals surface area contributed by atoms with Crippen molar-refractivity contribution < 1.29 is 9.90 Å². The van der Waals surface area contributed by atoms with E-state index in [0.717, 1.165) is 64.2 Å². The molecule has 0 spiro atoms. The van der Waals surface area contributed by atoms with Crippen molar-refractivity contribution in [3.05, 3.63) is 48.6 Å². The third kappa shape index (κ3) is 25.6. The topological polar surface area (TPSA) is 61.1 Å². The fourth-order valence-electron chi connectivity index (χ4n) is 5.33. The molecule has 42 heavy (non-hydrogen) atoms. The quantitative estimate of drug-likeness (QED) is 0.0654. The molecule has 3 nitrogen and oxygen atoms in total. The Hall–Kier alpha value is -2.08. The Morgan fingerprint density at radius 3 is 1.14 bits per heavy atom. The molecule has 0 aliphatic carbocycles. The molecule has 3 heteroatoms. The van der Waals surface area contributed by atoms with Crippen LogP contribution in [0.15, 0.2) is 48.6 Å². The zero-order chi connectivity index (χ0) is 30.8. The summed E-state index contributed by atoms with van der Waals surface area (Å²) in [5, 5.41) is 19.6. The van der Waals surface area contributed by atoms with Crippen LogP contribution in [0.1, 0.15) is 181 Å². The van der Waals surface area contributed by atoms with Gasteiger partial charge in [0.25, 0.3) is 0 Å². The van der Waals surface area contributed by atoms with Crippen molar-refractivity contribution in [2.45, 2.75) is 181 Å². The lowest BCUT2D eigenvalue weighted by molar-refractivity contribution is -0.146. The molecule has 0 aromatic heterocycles. The van der Waals surface area contributed by atoms with Gasteiger partial charge in [-0.1, -0.05) is 152 Å². The van der Waals surface area contributed by atoms with Crippen molar-refractivity contribution in [2.24, 2.45) is 5.41 Å². The summed E-state index contributed by atoms with van der Waals surface area (Å²) < 4.78 is 0. The third-order valence-electron chi connectivity index (χ3n) is 8.23. The van der Waals surface area contributed by atoms with Gasteiger partial charge in [-0.3, -0.25) is 4.79 Å². The summed E-state index contributed by atoms with van der Waals surface area (Å²) in [6, 6.07) is 2.20. The van der Waals surface area contributed by atoms with E-state index in [-0.39, 0.29) is 0 Å². The van der Waals surface area contributed by atoms with E-state index in [2.05, 4.69) is 68.5 Å². The van der Waals surface area contributed by atoms with E-state index in [1.165, 1.54) is 89.9 Å². The van der Waals surface area contributed by atoms with Gasteiger partial charge < -0.3 is 5.11 Å². The van der Waals surface area contributed by atoms with Crippen LogP contribution < -0.4 is 0 Å². The van der Waals surface area contributed by atoms with E-state index in [1.54, 1.807) is 0 Å². The number of aliphatic carboxylic acids is 1. The van der Waals surface area contributed by atoms with Crippen LogP contribution >= 0.6 is 0 Å². The average molecular weight is 582 g/mol. The Morgan fingerprint density at radius 1 is 0.524 bits per heavy atom. The van der Waals surface area contributed by atoms with Gasteiger partial charge in [0.1, 0.15) is 0 Å². The summed E-state index contributed by atoms with van der Waals surface area (Å²) in [6.07, 6.45) is 47.3. The predicted octanol–water partition coefficient (Wildman–Crippen LogP) is 13.0. The van der Waals surface area contributed by atoms with E-state index in [9.17, 15) is 15.2 Å². The molecule has 1 unspecified atom stereocenters. The molecule has 0 radical (unpaired) electrons. The fraction of sp³-hybridized carbons (Fsp3) is 0.744. The molecule has 0 bridgehead atoms. The molecular weight excluding hydrogens is 514 g/mol. The summed E-state index contributed by atoms with van der Waals surface area (Å²) in [5.41, 5.74) is -1.19. The number of rotatable bonds is 31. The Morgan fingerprint density at radius 2 is 0.833 bits per heavy atom. The first-order chi connectivity index (χ1) is 20.6. The second-order valence-electron chi connectivity index (χ2n) is 12.2. The Kier molecular flexibility index (Phi) is 30.3. The van der Waals surface area contributed by atoms with Gasteiger partial charge in [-0.25, -0.2) is 0 Å². The number of carboxylic acid groups (broad SMARTS) is 1. The van der Waals surface area contributed by atoms with Gasteiger partial charge >= 0.3 is 5.97 Å². The summed E-state index contributed by atoms with van der Waals surface area (Å²) >= 11 is 0. The minimum Gasteiger partial charge on any atom is -0.480 e. The van der Waals surface area contributed by atoms with E-state index >= 15 is 0 Å². The third-order valence-corrected chi connectivity index (χ3v) is 8.23. The Balaban J connectivity index is 3.81. The van der Waals surface area contributed by atoms with Gasteiger partial charge in [-0.05, 0) is 77.0 Å². The predicted molar refractivity (Wildman–Crippen MR) is 184 cm³/mol. The van der Waals surface area contributed by atoms with Crippen LogP contribution in [0, 0.1) is 16.7 Å². The molecule has 0 amide bonds. The molecule has 1 N–H and O–H groups in total. The van der Waals surface area contributed by atoms with Crippen molar-refractivity contribution >= 4 is 5.97 Å². The largest absolute Gasteiger partial charge is 0.480 e. The number of allylic oxidation sites excluding steroid dienone is 8. The van der Waals surface area contributed by atoms with E-state index in [1.807, 2.05) is 0 Å². The number of carbonyl (C=O) groups is 1. The Labute approximate surface area is 261 Å². The maximum Gasteiger partial charge on any atom is 0.324 e. The molecule has 1 atom stereocenters. The molecule has 240 valence electrons. The lowest BCUT2D eigenvalue weighted by Crippen LogP contribution is -2.29. The molecule has 0 saturated carbocycles. The van der Waals surface area contributed by atoms with E-state index < -0.39 is 11.4 Å². The van der Waals surface area contributed by atoms with Gasteiger partial charge in [0.2, 0.25) is 0 Å². The standard InChI is InChI=1S/C39H67NO2/c1-3-5-7-9-11-13-15-17-19-21-23-25-27-29-31-33-35-39(37-40,38(41)42)36-34-32-30-28-26-24-22-20-18-16-14-12-10-8-6-4-2/h11-14,17-20H,3-10,15-16,21-36H2,1-2H3,(H,41,42)/b13-11-,14-12+,19-17-,20-18+. The van der Waals surface area contributed by atoms with Gasteiger partial charge in [0.15, 0.2) is 5.41 Å². The molecule has 0 rings (SSSR count). The van der Waals surface area contributed by atoms with E-state index in [4.69, 9.17) is 0 Å². The molecule has 0 heterocycles. The number of nitrogens with zero attached hydrogens (tertiary/aromatic N) is 1. The Bertz CT molecular complexity index is 707. The van der Waals surface area contributed by atoms with E-state index in [0.29, 0.717) is 12.8 Å². The molecule has 0 aromatic rings. The van der Waals surface area contributed by atoms with Crippen molar-refractivity contribution in [3.63, 3.8) is 0 Å². The molecule has 0 aliphatic heterocycles. The highest BCUT2D eigenvalue weighted by molar-refractivity contribution is 5.77. The van der Waals surface area contributed by atoms with Crippen LogP contribution in [0.25, 0.3) is 0 Å². The van der Waals surface area contributed by atoms with Gasteiger partial charge in [-0.15, -0.1) is 0 Å². The monoisotopic (exact) mass is 582 g/mol. The smallest absolute Gasteiger partial charge is 0.324 e. The van der Waals surface area contributed by atoms with Crippen LogP contribution in [0.4, 0.5) is 0 Å². The summed E-state index contributed by atoms with van der Waals surface area (Å²) in [4.78, 5) is 12.0. The highest BCUT2D eigenvalue weighted by atomic mass is 16.4. The van der Waals surface area contributed by atoms with Crippen LogP contribution in [0.2, 0.25) is 0 Å². The van der Waals surface area contributed by atoms with Crippen molar-refractivity contribution in [1.82, 2.24) is 0 Å². The molecule has 0 aliphatic rings. The average Bonchev–Trinajstić information content (AvgIpc) is 2.99. The minimum atomic E-state index is -1.19. The minimum absolute atomic E-state index is 0.494. The summed E-state index contributed by atoms with van der Waals surface area (Å²) in [7, 11) is 0. The fourth-order valence-corrected chi connectivity index (χ4v) is 5.33. The van der Waals surface area contributed by atoms with Gasteiger partial charge in [0, 0.05) is 0 Å². The van der Waals surface area contributed by atoms with Crippen molar-refractivity contribution in [2.75, 3.05) is 0 Å². The molecular formula is C39H67NO2. The summed E-state index contributed by atoms with van der Waals surface area (Å²) in [6.45, 7) is 4.48. The first-order valence-corrected chi connectivity index (χ1v) is 17.9. The SMILES string of the molecule is CCCCC/C=C\C/C=C\CCCCCCCCC(C#N)(CCCCCCCC/C=C/C/C=C/CCCCC)C(=O)O. The normalized spacial score (nSPS) is 13.5. The lowest BCUT2D eigenvalue weighted by Gasteiger charge is -2.21.